The third-order valence-corrected chi connectivity index (χ3v) is 7.17. The zero-order chi connectivity index (χ0) is 26.8. The van der Waals surface area contributed by atoms with Crippen LogP contribution in [0.3, 0.4) is 0 Å². The molecule has 0 aliphatic carbocycles. The number of amides is 1. The lowest BCUT2D eigenvalue weighted by atomic mass is 9.96. The highest BCUT2D eigenvalue weighted by molar-refractivity contribution is 7.80. The molecule has 2 N–H and O–H groups in total. The summed E-state index contributed by atoms with van der Waals surface area (Å²) in [7, 11) is 0. The normalized spacial score (nSPS) is 16.9. The van der Waals surface area contributed by atoms with Gasteiger partial charge in [0, 0.05) is 42.4 Å². The minimum absolute atomic E-state index is 0.172. The Labute approximate surface area is 226 Å². The minimum atomic E-state index is -0.349. The molecule has 4 heterocycles. The summed E-state index contributed by atoms with van der Waals surface area (Å²) in [6.07, 6.45) is 3.85. The second-order valence-corrected chi connectivity index (χ2v) is 9.87. The molecule has 194 valence electrons. The van der Waals surface area contributed by atoms with Gasteiger partial charge >= 0.3 is 0 Å². The standard InChI is InChI=1S/C29H29FN6OS/c1-18-7-12-25(32-17-18)36-19(2)16-23(20(36)3)28-27(24-6-4-5-14-31-24)34-29(38)35(28)15-13-26(37)33-22-10-8-21(30)9-11-22/h4-12,14,16-17,27-28H,13,15H2,1-3H3,(H,33,37)(H,34,38)/t27-,28-/m1/s1. The molecule has 0 spiro atoms. The van der Waals surface area contributed by atoms with Gasteiger partial charge in [-0.15, -0.1) is 0 Å². The summed E-state index contributed by atoms with van der Waals surface area (Å²) in [6.45, 7) is 6.57. The van der Waals surface area contributed by atoms with E-state index in [-0.39, 0.29) is 30.2 Å². The maximum Gasteiger partial charge on any atom is 0.226 e. The largest absolute Gasteiger partial charge is 0.352 e. The van der Waals surface area contributed by atoms with E-state index in [9.17, 15) is 9.18 Å². The Kier molecular flexibility index (Phi) is 7.20. The summed E-state index contributed by atoms with van der Waals surface area (Å²) in [5, 5.41) is 6.85. The first kappa shape index (κ1) is 25.5. The Morgan fingerprint density at radius 3 is 2.55 bits per heavy atom. The second-order valence-electron chi connectivity index (χ2n) is 9.48. The molecule has 9 heteroatoms. The summed E-state index contributed by atoms with van der Waals surface area (Å²) < 4.78 is 15.4. The van der Waals surface area contributed by atoms with E-state index >= 15 is 0 Å². The molecular formula is C29H29FN6OS. The second kappa shape index (κ2) is 10.7. The average molecular weight is 529 g/mol. The minimum Gasteiger partial charge on any atom is -0.352 e. The molecule has 0 radical (unpaired) electrons. The average Bonchev–Trinajstić information content (AvgIpc) is 3.39. The van der Waals surface area contributed by atoms with E-state index in [1.165, 1.54) is 12.1 Å². The van der Waals surface area contributed by atoms with Crippen LogP contribution in [-0.4, -0.2) is 37.0 Å². The van der Waals surface area contributed by atoms with Gasteiger partial charge in [-0.3, -0.25) is 9.78 Å². The summed E-state index contributed by atoms with van der Waals surface area (Å²) in [6, 6.07) is 17.4. The number of nitrogens with one attached hydrogen (secondary N) is 2. The van der Waals surface area contributed by atoms with E-state index in [4.69, 9.17) is 12.2 Å². The number of aryl methyl sites for hydroxylation is 2. The Balaban J connectivity index is 1.46. The number of halogens is 1. The smallest absolute Gasteiger partial charge is 0.226 e. The van der Waals surface area contributed by atoms with Crippen molar-refractivity contribution in [3.8, 4) is 5.82 Å². The van der Waals surface area contributed by atoms with Crippen LogP contribution in [0.2, 0.25) is 0 Å². The lowest BCUT2D eigenvalue weighted by molar-refractivity contribution is -0.116. The number of aromatic nitrogens is 3. The topological polar surface area (TPSA) is 75.1 Å². The number of nitrogens with zero attached hydrogens (tertiary/aromatic N) is 4. The fourth-order valence-corrected chi connectivity index (χ4v) is 5.33. The molecular weight excluding hydrogens is 499 g/mol. The maximum atomic E-state index is 13.2. The molecule has 7 nitrogen and oxygen atoms in total. The van der Waals surface area contributed by atoms with Gasteiger partial charge in [-0.1, -0.05) is 12.1 Å². The predicted octanol–water partition coefficient (Wildman–Crippen LogP) is 5.33. The van der Waals surface area contributed by atoms with Crippen LogP contribution in [0.5, 0.6) is 0 Å². The molecule has 1 fully saturated rings. The SMILES string of the molecule is Cc1ccc(-n2c(C)cc([C@@H]3[C@@H](c4ccccn4)NC(=S)N3CCC(=O)Nc3ccc(F)cc3)c2C)nc1. The highest BCUT2D eigenvalue weighted by atomic mass is 32.1. The number of rotatable bonds is 7. The summed E-state index contributed by atoms with van der Waals surface area (Å²) >= 11 is 5.78. The predicted molar refractivity (Wildman–Crippen MR) is 150 cm³/mol. The van der Waals surface area contributed by atoms with Crippen molar-refractivity contribution in [2.45, 2.75) is 39.3 Å². The molecule has 0 saturated carbocycles. The van der Waals surface area contributed by atoms with Crippen LogP contribution in [0.1, 0.15) is 46.7 Å². The molecule has 4 aromatic rings. The molecule has 1 saturated heterocycles. The zero-order valence-corrected chi connectivity index (χ0v) is 22.3. The van der Waals surface area contributed by atoms with Gasteiger partial charge in [-0.05, 0) is 92.6 Å². The molecule has 0 unspecified atom stereocenters. The number of carbonyl (C=O) groups excluding carboxylic acids is 1. The van der Waals surface area contributed by atoms with E-state index in [2.05, 4.69) is 56.0 Å². The van der Waals surface area contributed by atoms with Crippen molar-refractivity contribution in [2.24, 2.45) is 0 Å². The Hall–Kier alpha value is -4.11. The Bertz CT molecular complexity index is 1450. The number of anilines is 1. The van der Waals surface area contributed by atoms with Crippen molar-refractivity contribution in [1.29, 1.82) is 0 Å². The highest BCUT2D eigenvalue weighted by Gasteiger charge is 2.41. The van der Waals surface area contributed by atoms with Gasteiger partial charge in [0.15, 0.2) is 5.11 Å². The Morgan fingerprint density at radius 2 is 1.87 bits per heavy atom. The number of carbonyl (C=O) groups is 1. The van der Waals surface area contributed by atoms with Crippen molar-refractivity contribution in [2.75, 3.05) is 11.9 Å². The van der Waals surface area contributed by atoms with Crippen molar-refractivity contribution < 1.29 is 9.18 Å². The van der Waals surface area contributed by atoms with Gasteiger partial charge in [0.2, 0.25) is 5.91 Å². The lowest BCUT2D eigenvalue weighted by Gasteiger charge is -2.28. The number of benzene rings is 1. The molecule has 1 aromatic carbocycles. The number of pyridine rings is 2. The van der Waals surface area contributed by atoms with Crippen molar-refractivity contribution in [3.63, 3.8) is 0 Å². The molecule has 5 rings (SSSR count). The number of hydrogen-bond donors (Lipinski definition) is 2. The van der Waals surface area contributed by atoms with Crippen LogP contribution in [-0.2, 0) is 4.79 Å². The molecule has 1 aliphatic heterocycles. The molecule has 1 amide bonds. The van der Waals surface area contributed by atoms with Crippen molar-refractivity contribution in [1.82, 2.24) is 24.8 Å². The first-order valence-electron chi connectivity index (χ1n) is 12.5. The third kappa shape index (κ3) is 5.15. The van der Waals surface area contributed by atoms with E-state index < -0.39 is 0 Å². The molecule has 38 heavy (non-hydrogen) atoms. The van der Waals surface area contributed by atoms with Gasteiger partial charge < -0.3 is 20.1 Å². The molecule has 2 atom stereocenters. The van der Waals surface area contributed by atoms with Crippen LogP contribution < -0.4 is 10.6 Å². The van der Waals surface area contributed by atoms with Crippen LogP contribution in [0.4, 0.5) is 10.1 Å². The fourth-order valence-electron chi connectivity index (χ4n) is 5.00. The summed E-state index contributed by atoms with van der Waals surface area (Å²) in [5.74, 6) is 0.331. The van der Waals surface area contributed by atoms with Crippen molar-refractivity contribution >= 4 is 28.9 Å². The Morgan fingerprint density at radius 1 is 1.08 bits per heavy atom. The first-order valence-corrected chi connectivity index (χ1v) is 12.9. The summed E-state index contributed by atoms with van der Waals surface area (Å²) in [4.78, 5) is 24.1. The van der Waals surface area contributed by atoms with E-state index in [0.29, 0.717) is 17.3 Å². The van der Waals surface area contributed by atoms with Gasteiger partial charge in [-0.25, -0.2) is 9.37 Å². The van der Waals surface area contributed by atoms with Gasteiger partial charge in [0.25, 0.3) is 0 Å². The fraction of sp³-hybridized carbons (Fsp3) is 0.241. The zero-order valence-electron chi connectivity index (χ0n) is 21.5. The molecule has 1 aliphatic rings. The first-order chi connectivity index (χ1) is 18.3. The van der Waals surface area contributed by atoms with Crippen LogP contribution in [0.25, 0.3) is 5.82 Å². The van der Waals surface area contributed by atoms with Crippen LogP contribution in [0.15, 0.2) is 73.1 Å². The quantitative estimate of drug-likeness (QED) is 0.316. The van der Waals surface area contributed by atoms with Crippen LogP contribution in [0, 0.1) is 26.6 Å². The molecule has 3 aromatic heterocycles. The van der Waals surface area contributed by atoms with Gasteiger partial charge in [-0.2, -0.15) is 0 Å². The van der Waals surface area contributed by atoms with Gasteiger partial charge in [0.05, 0.1) is 17.8 Å². The van der Waals surface area contributed by atoms with E-state index in [0.717, 1.165) is 34.0 Å². The van der Waals surface area contributed by atoms with E-state index in [1.807, 2.05) is 37.4 Å². The summed E-state index contributed by atoms with van der Waals surface area (Å²) in [5.41, 5.74) is 5.72. The number of hydrogen-bond acceptors (Lipinski definition) is 4. The van der Waals surface area contributed by atoms with Crippen molar-refractivity contribution in [3.05, 3.63) is 107 Å². The van der Waals surface area contributed by atoms with E-state index in [1.54, 1.807) is 18.3 Å². The number of thiocarbonyl (C=S) groups is 1. The molecule has 0 bridgehead atoms. The highest BCUT2D eigenvalue weighted by Crippen LogP contribution is 2.41. The third-order valence-electron chi connectivity index (χ3n) is 6.82. The lowest BCUT2D eigenvalue weighted by Crippen LogP contribution is -2.32. The van der Waals surface area contributed by atoms with Gasteiger partial charge in [0.1, 0.15) is 11.6 Å². The maximum absolute atomic E-state index is 13.2. The van der Waals surface area contributed by atoms with Crippen LogP contribution >= 0.6 is 12.2 Å². The monoisotopic (exact) mass is 528 g/mol.